The van der Waals surface area contributed by atoms with Gasteiger partial charge in [-0.2, -0.15) is 30.0 Å². The van der Waals surface area contributed by atoms with Gasteiger partial charge in [0.05, 0.1) is 24.8 Å². The Kier molecular flexibility index (Phi) is 8.04. The van der Waals surface area contributed by atoms with Gasteiger partial charge in [-0.25, -0.2) is 0 Å². The highest BCUT2D eigenvalue weighted by Crippen LogP contribution is 2.43. The quantitative estimate of drug-likeness (QED) is 0.120. The van der Waals surface area contributed by atoms with Crippen molar-refractivity contribution in [2.45, 2.75) is 21.6 Å². The molecular weight excluding hydrogens is 707 g/mol. The van der Waals surface area contributed by atoms with Crippen molar-refractivity contribution in [3.63, 3.8) is 0 Å². The number of benzene rings is 5. The molecule has 5 aromatic carbocycles. The summed E-state index contributed by atoms with van der Waals surface area (Å²) in [6.45, 7) is 1.77. The van der Waals surface area contributed by atoms with Crippen LogP contribution in [0.5, 0.6) is 17.2 Å². The highest BCUT2D eigenvalue weighted by atomic mass is 32.2. The maximum Gasteiger partial charge on any atom is 0.296 e. The molecule has 0 bridgehead atoms. The number of hydrogen-bond acceptors (Lipinski definition) is 13. The SMILES string of the molecule is COc1cc(N=Nc2c(S(=O)(=O)O)cc3cc(-n4nc5ccc6c(S(=O)(=O)O)cc(S(=O)(=O)O)cc6c5n4)ccc3c2O)c(OC)cc1C. The fourth-order valence-electron chi connectivity index (χ4n) is 5.20. The van der Waals surface area contributed by atoms with Crippen molar-refractivity contribution in [3.05, 3.63) is 66.2 Å². The molecule has 49 heavy (non-hydrogen) atoms. The van der Waals surface area contributed by atoms with Crippen LogP contribution in [-0.4, -0.2) is 73.2 Å². The minimum Gasteiger partial charge on any atom is -0.505 e. The first-order chi connectivity index (χ1) is 22.9. The van der Waals surface area contributed by atoms with Crippen LogP contribution in [0.3, 0.4) is 0 Å². The summed E-state index contributed by atoms with van der Waals surface area (Å²) in [4.78, 5) is -1.33. The zero-order valence-electron chi connectivity index (χ0n) is 25.3. The third-order valence-electron chi connectivity index (χ3n) is 7.49. The number of azo groups is 1. The lowest BCUT2D eigenvalue weighted by Gasteiger charge is -2.11. The molecule has 1 aromatic heterocycles. The van der Waals surface area contributed by atoms with Crippen LogP contribution in [-0.2, 0) is 30.4 Å². The monoisotopic (exact) mass is 729 g/mol. The highest BCUT2D eigenvalue weighted by Gasteiger charge is 2.25. The van der Waals surface area contributed by atoms with Gasteiger partial charge in [-0.1, -0.05) is 6.07 Å². The number of fused-ring (bicyclic) bond motifs is 4. The van der Waals surface area contributed by atoms with E-state index < -0.39 is 56.5 Å². The van der Waals surface area contributed by atoms with Gasteiger partial charge in [-0.3, -0.25) is 13.7 Å². The fourth-order valence-corrected chi connectivity index (χ4v) is 7.20. The molecule has 0 spiro atoms. The molecule has 1 heterocycles. The van der Waals surface area contributed by atoms with E-state index in [1.165, 1.54) is 50.6 Å². The molecule has 17 nitrogen and oxygen atoms in total. The number of aryl methyl sites for hydroxylation is 1. The van der Waals surface area contributed by atoms with Crippen LogP contribution in [0, 0.1) is 6.92 Å². The number of ether oxygens (including phenoxy) is 2. The summed E-state index contributed by atoms with van der Waals surface area (Å²) < 4.78 is 113. The molecule has 6 rings (SSSR count). The summed E-state index contributed by atoms with van der Waals surface area (Å²) in [5.41, 5.74) is 0.597. The van der Waals surface area contributed by atoms with Crippen molar-refractivity contribution < 1.29 is 53.5 Å². The molecule has 254 valence electrons. The van der Waals surface area contributed by atoms with E-state index in [1.54, 1.807) is 13.0 Å². The van der Waals surface area contributed by atoms with E-state index in [0.29, 0.717) is 11.8 Å². The molecule has 0 fully saturated rings. The van der Waals surface area contributed by atoms with E-state index in [9.17, 15) is 44.0 Å². The molecule has 0 radical (unpaired) electrons. The Morgan fingerprint density at radius 3 is 2.00 bits per heavy atom. The number of hydrogen-bond donors (Lipinski definition) is 4. The maximum absolute atomic E-state index is 12.5. The van der Waals surface area contributed by atoms with Crippen molar-refractivity contribution in [1.29, 1.82) is 0 Å². The molecular formula is C29H23N5O12S3. The number of nitrogens with zero attached hydrogens (tertiary/aromatic N) is 5. The fraction of sp³-hybridized carbons (Fsp3) is 0.103. The van der Waals surface area contributed by atoms with E-state index in [4.69, 9.17) is 9.47 Å². The lowest BCUT2D eigenvalue weighted by Crippen LogP contribution is -2.04. The Morgan fingerprint density at radius 1 is 0.694 bits per heavy atom. The van der Waals surface area contributed by atoms with Gasteiger partial charge in [0.1, 0.15) is 43.7 Å². The summed E-state index contributed by atoms with van der Waals surface area (Å²) in [6.07, 6.45) is 0. The first kappa shape index (κ1) is 33.6. The van der Waals surface area contributed by atoms with Crippen LogP contribution in [0.1, 0.15) is 5.56 Å². The second-order valence-electron chi connectivity index (χ2n) is 10.5. The topological polar surface area (TPSA) is 257 Å². The van der Waals surface area contributed by atoms with Gasteiger partial charge in [0.25, 0.3) is 30.4 Å². The van der Waals surface area contributed by atoms with E-state index in [2.05, 4.69) is 20.4 Å². The highest BCUT2D eigenvalue weighted by molar-refractivity contribution is 7.87. The predicted molar refractivity (Wildman–Crippen MR) is 173 cm³/mol. The van der Waals surface area contributed by atoms with Crippen LogP contribution in [0.2, 0.25) is 0 Å². The Balaban J connectivity index is 1.52. The van der Waals surface area contributed by atoms with E-state index in [1.807, 2.05) is 0 Å². The molecule has 0 aliphatic heterocycles. The molecule has 20 heteroatoms. The van der Waals surface area contributed by atoms with Gasteiger partial charge >= 0.3 is 0 Å². The summed E-state index contributed by atoms with van der Waals surface area (Å²) in [5.74, 6) is 0.0693. The first-order valence-electron chi connectivity index (χ1n) is 13.6. The van der Waals surface area contributed by atoms with Crippen molar-refractivity contribution in [2.24, 2.45) is 10.2 Å². The maximum atomic E-state index is 12.5. The molecule has 0 saturated carbocycles. The Morgan fingerprint density at radius 2 is 1.37 bits per heavy atom. The van der Waals surface area contributed by atoms with Crippen molar-refractivity contribution >= 4 is 74.3 Å². The largest absolute Gasteiger partial charge is 0.505 e. The van der Waals surface area contributed by atoms with Gasteiger partial charge in [-0.05, 0) is 66.4 Å². The minimum atomic E-state index is -4.99. The summed E-state index contributed by atoms with van der Waals surface area (Å²) in [6, 6.07) is 12.6. The average molecular weight is 730 g/mol. The molecule has 0 aliphatic rings. The Labute approximate surface area is 277 Å². The first-order valence-corrected chi connectivity index (χ1v) is 17.9. The number of aromatic nitrogens is 3. The van der Waals surface area contributed by atoms with Gasteiger partial charge in [0, 0.05) is 22.2 Å². The van der Waals surface area contributed by atoms with Gasteiger partial charge in [0.2, 0.25) is 0 Å². The molecule has 0 aliphatic carbocycles. The lowest BCUT2D eigenvalue weighted by atomic mass is 10.1. The zero-order valence-corrected chi connectivity index (χ0v) is 27.7. The van der Waals surface area contributed by atoms with E-state index >= 15 is 0 Å². The lowest BCUT2D eigenvalue weighted by molar-refractivity contribution is 0.401. The summed E-state index contributed by atoms with van der Waals surface area (Å²) in [7, 11) is -12.0. The number of phenols is 1. The summed E-state index contributed by atoms with van der Waals surface area (Å²) >= 11 is 0. The van der Waals surface area contributed by atoms with Crippen molar-refractivity contribution in [3.8, 4) is 22.9 Å². The smallest absolute Gasteiger partial charge is 0.296 e. The number of methoxy groups -OCH3 is 2. The molecule has 0 atom stereocenters. The predicted octanol–water partition coefficient (Wildman–Crippen LogP) is 4.91. The van der Waals surface area contributed by atoms with Crippen LogP contribution < -0.4 is 9.47 Å². The van der Waals surface area contributed by atoms with Crippen LogP contribution >= 0.6 is 0 Å². The normalized spacial score (nSPS) is 12.8. The molecule has 0 saturated heterocycles. The second-order valence-corrected chi connectivity index (χ2v) is 14.7. The minimum absolute atomic E-state index is 0.0200. The third-order valence-corrected chi connectivity index (χ3v) is 10.1. The Bertz CT molecular complexity index is 2750. The number of aromatic hydroxyl groups is 1. The summed E-state index contributed by atoms with van der Waals surface area (Å²) in [5, 5.41) is 27.8. The molecule has 6 aromatic rings. The average Bonchev–Trinajstić information content (AvgIpc) is 3.47. The molecule has 0 unspecified atom stereocenters. The molecule has 4 N–H and O–H groups in total. The van der Waals surface area contributed by atoms with Crippen molar-refractivity contribution in [1.82, 2.24) is 15.0 Å². The van der Waals surface area contributed by atoms with Crippen molar-refractivity contribution in [2.75, 3.05) is 14.2 Å². The Hall–Kier alpha value is -5.25. The van der Waals surface area contributed by atoms with Gasteiger partial charge in [0.15, 0.2) is 5.75 Å². The number of rotatable bonds is 8. The van der Waals surface area contributed by atoms with Gasteiger partial charge < -0.3 is 14.6 Å². The van der Waals surface area contributed by atoms with Gasteiger partial charge in [-0.15, -0.1) is 20.4 Å². The van der Waals surface area contributed by atoms with Crippen LogP contribution in [0.25, 0.3) is 38.3 Å². The second kappa shape index (κ2) is 11.7. The van der Waals surface area contributed by atoms with Crippen LogP contribution in [0.4, 0.5) is 11.4 Å². The van der Waals surface area contributed by atoms with E-state index in [-0.39, 0.29) is 49.7 Å². The van der Waals surface area contributed by atoms with E-state index in [0.717, 1.165) is 22.5 Å². The standard InChI is InChI=1S/C29H23N5O12S3/c1-14-8-24(46-3)22(13-23(14)45-2)30-31-28-26(49(42,43)44)10-15-9-16(4-5-18(15)29(28)35)34-32-21-7-6-19-20(27(21)33-34)11-17(47(36,37)38)12-25(19)48(39,40)41/h4-13,35H,1-3H3,(H,36,37,38)(H,39,40,41)(H,42,43,44). The molecule has 0 amide bonds. The number of phenolic OH excluding ortho intramolecular Hbond substituents is 1. The zero-order chi connectivity index (χ0) is 35.6. The third kappa shape index (κ3) is 6.11. The van der Waals surface area contributed by atoms with Crippen LogP contribution in [0.15, 0.2) is 85.6 Å².